The molecule has 0 saturated heterocycles. The van der Waals surface area contributed by atoms with Crippen LogP contribution in [0.5, 0.6) is 0 Å². The highest BCUT2D eigenvalue weighted by atomic mass is 19.1. The van der Waals surface area contributed by atoms with Crippen LogP contribution in [0.1, 0.15) is 26.3 Å². The Labute approximate surface area is 159 Å². The van der Waals surface area contributed by atoms with E-state index in [9.17, 15) is 4.39 Å². The molecule has 0 unspecified atom stereocenters. The Kier molecular flexibility index (Phi) is 5.69. The van der Waals surface area contributed by atoms with Gasteiger partial charge in [0.2, 0.25) is 5.95 Å². The number of nitrogens with zero attached hydrogens (tertiary/aromatic N) is 2. The maximum absolute atomic E-state index is 13.0. The maximum Gasteiger partial charge on any atom is 0.225 e. The van der Waals surface area contributed by atoms with Crippen molar-refractivity contribution in [2.24, 2.45) is 0 Å². The highest BCUT2D eigenvalue weighted by Gasteiger charge is 2.13. The maximum atomic E-state index is 13.0. The minimum atomic E-state index is -0.219. The molecule has 2 aromatic carbocycles. The summed E-state index contributed by atoms with van der Waals surface area (Å²) in [5.74, 6) is 1.13. The van der Waals surface area contributed by atoms with Crippen LogP contribution in [0.3, 0.4) is 0 Å². The predicted molar refractivity (Wildman–Crippen MR) is 109 cm³/mol. The average molecular weight is 364 g/mol. The first-order valence-corrected chi connectivity index (χ1v) is 9.10. The van der Waals surface area contributed by atoms with E-state index < -0.39 is 0 Å². The van der Waals surface area contributed by atoms with Crippen molar-refractivity contribution in [3.63, 3.8) is 0 Å². The lowest BCUT2D eigenvalue weighted by Gasteiger charge is -2.22. The molecule has 0 spiro atoms. The third kappa shape index (κ3) is 5.78. The van der Waals surface area contributed by atoms with E-state index in [-0.39, 0.29) is 11.4 Å². The molecular weight excluding hydrogens is 339 g/mol. The van der Waals surface area contributed by atoms with Crippen LogP contribution < -0.4 is 10.6 Å². The van der Waals surface area contributed by atoms with Crippen LogP contribution in [0.4, 0.5) is 16.2 Å². The quantitative estimate of drug-likeness (QED) is 0.635. The molecule has 5 heteroatoms. The van der Waals surface area contributed by atoms with Gasteiger partial charge in [-0.05, 0) is 44.9 Å². The molecule has 1 heterocycles. The summed E-state index contributed by atoms with van der Waals surface area (Å²) < 4.78 is 13.0. The van der Waals surface area contributed by atoms with E-state index >= 15 is 0 Å². The summed E-state index contributed by atoms with van der Waals surface area (Å²) >= 11 is 0. The molecule has 0 amide bonds. The minimum absolute atomic E-state index is 0.103. The van der Waals surface area contributed by atoms with Gasteiger partial charge in [0.15, 0.2) is 0 Å². The van der Waals surface area contributed by atoms with E-state index in [0.29, 0.717) is 12.5 Å². The lowest BCUT2D eigenvalue weighted by molar-refractivity contribution is 0.627. The Hall–Kier alpha value is -2.95. The number of anilines is 2. The van der Waals surface area contributed by atoms with Gasteiger partial charge in [-0.3, -0.25) is 0 Å². The normalized spacial score (nSPS) is 11.3. The number of hydrogen-bond donors (Lipinski definition) is 2. The predicted octanol–water partition coefficient (Wildman–Crippen LogP) is 5.15. The van der Waals surface area contributed by atoms with Crippen LogP contribution in [0.2, 0.25) is 0 Å². The second-order valence-electron chi connectivity index (χ2n) is 7.51. The molecule has 27 heavy (non-hydrogen) atoms. The monoisotopic (exact) mass is 364 g/mol. The molecule has 1 aromatic heterocycles. The number of benzene rings is 2. The molecule has 0 saturated carbocycles. The minimum Gasteiger partial charge on any atom is -0.365 e. The van der Waals surface area contributed by atoms with Crippen LogP contribution >= 0.6 is 0 Å². The van der Waals surface area contributed by atoms with Crippen LogP contribution in [0.15, 0.2) is 60.7 Å². The van der Waals surface area contributed by atoms with Crippen molar-refractivity contribution >= 4 is 11.8 Å². The molecule has 3 aromatic rings. The molecule has 0 atom stereocenters. The molecule has 0 radical (unpaired) electrons. The van der Waals surface area contributed by atoms with Crippen molar-refractivity contribution in [1.82, 2.24) is 9.97 Å². The third-order valence-corrected chi connectivity index (χ3v) is 3.91. The molecule has 0 fully saturated rings. The van der Waals surface area contributed by atoms with E-state index in [1.165, 1.54) is 12.1 Å². The topological polar surface area (TPSA) is 49.8 Å². The summed E-state index contributed by atoms with van der Waals surface area (Å²) in [6, 6.07) is 18.6. The van der Waals surface area contributed by atoms with Crippen LogP contribution in [-0.2, 0) is 6.42 Å². The largest absolute Gasteiger partial charge is 0.365 e. The molecule has 4 nitrogen and oxygen atoms in total. The van der Waals surface area contributed by atoms with Gasteiger partial charge in [-0.25, -0.2) is 9.37 Å². The van der Waals surface area contributed by atoms with Crippen LogP contribution in [0.25, 0.3) is 11.3 Å². The van der Waals surface area contributed by atoms with Gasteiger partial charge in [-0.1, -0.05) is 42.5 Å². The smallest absolute Gasteiger partial charge is 0.225 e. The number of aromatic nitrogens is 2. The summed E-state index contributed by atoms with van der Waals surface area (Å²) in [7, 11) is 0. The molecule has 0 aliphatic heterocycles. The summed E-state index contributed by atoms with van der Waals surface area (Å²) in [5, 5.41) is 6.70. The van der Waals surface area contributed by atoms with E-state index in [4.69, 9.17) is 0 Å². The van der Waals surface area contributed by atoms with Crippen molar-refractivity contribution in [3.05, 3.63) is 72.0 Å². The second kappa shape index (κ2) is 8.16. The fraction of sp³-hybridized carbons (Fsp3) is 0.273. The van der Waals surface area contributed by atoms with E-state index in [0.717, 1.165) is 29.1 Å². The molecule has 2 N–H and O–H groups in total. The summed E-state index contributed by atoms with van der Waals surface area (Å²) in [4.78, 5) is 9.25. The zero-order chi connectivity index (χ0) is 19.3. The molecule has 3 rings (SSSR count). The van der Waals surface area contributed by atoms with E-state index in [2.05, 4.69) is 41.4 Å². The van der Waals surface area contributed by atoms with Gasteiger partial charge in [-0.15, -0.1) is 0 Å². The van der Waals surface area contributed by atoms with Crippen molar-refractivity contribution in [3.8, 4) is 11.3 Å². The average Bonchev–Trinajstić information content (AvgIpc) is 2.62. The van der Waals surface area contributed by atoms with Gasteiger partial charge in [0.25, 0.3) is 0 Å². The first-order chi connectivity index (χ1) is 12.9. The Morgan fingerprint density at radius 1 is 0.926 bits per heavy atom. The fourth-order valence-electron chi connectivity index (χ4n) is 2.70. The number of rotatable bonds is 6. The Morgan fingerprint density at radius 3 is 2.30 bits per heavy atom. The van der Waals surface area contributed by atoms with Gasteiger partial charge in [0.1, 0.15) is 11.6 Å². The zero-order valence-electron chi connectivity index (χ0n) is 16.0. The van der Waals surface area contributed by atoms with Crippen LogP contribution in [0, 0.1) is 5.82 Å². The summed E-state index contributed by atoms with van der Waals surface area (Å²) in [6.07, 6.45) is 0.765. The van der Waals surface area contributed by atoms with Gasteiger partial charge in [0, 0.05) is 23.7 Å². The number of hydrogen-bond acceptors (Lipinski definition) is 4. The Bertz CT molecular complexity index is 871. The fourth-order valence-corrected chi connectivity index (χ4v) is 2.70. The van der Waals surface area contributed by atoms with Crippen molar-refractivity contribution in [1.29, 1.82) is 0 Å². The molecule has 140 valence electrons. The Balaban J connectivity index is 1.78. The second-order valence-corrected chi connectivity index (χ2v) is 7.51. The van der Waals surface area contributed by atoms with Gasteiger partial charge in [-0.2, -0.15) is 4.98 Å². The van der Waals surface area contributed by atoms with E-state index in [1.54, 1.807) is 12.1 Å². The molecule has 0 aliphatic carbocycles. The number of nitrogens with one attached hydrogen (secondary N) is 2. The standard InChI is InChI=1S/C22H25FN4/c1-22(2,3)27-20-15-19(17-7-5-4-6-8-17)25-21(26-20)24-14-13-16-9-11-18(23)12-10-16/h4-12,15H,13-14H2,1-3H3,(H2,24,25,26,27). The lowest BCUT2D eigenvalue weighted by Crippen LogP contribution is -2.27. The molecular formula is C22H25FN4. The van der Waals surface area contributed by atoms with E-state index in [1.807, 2.05) is 36.4 Å². The van der Waals surface area contributed by atoms with Gasteiger partial charge < -0.3 is 10.6 Å². The molecule has 0 bridgehead atoms. The Morgan fingerprint density at radius 2 is 1.63 bits per heavy atom. The zero-order valence-corrected chi connectivity index (χ0v) is 16.0. The summed E-state index contributed by atoms with van der Waals surface area (Å²) in [5.41, 5.74) is 2.87. The van der Waals surface area contributed by atoms with Gasteiger partial charge in [0.05, 0.1) is 5.69 Å². The van der Waals surface area contributed by atoms with Crippen molar-refractivity contribution < 1.29 is 4.39 Å². The van der Waals surface area contributed by atoms with Crippen molar-refractivity contribution in [2.75, 3.05) is 17.2 Å². The highest BCUT2D eigenvalue weighted by molar-refractivity contribution is 5.64. The van der Waals surface area contributed by atoms with Crippen LogP contribution in [-0.4, -0.2) is 22.1 Å². The van der Waals surface area contributed by atoms with Gasteiger partial charge >= 0.3 is 0 Å². The first kappa shape index (κ1) is 18.8. The third-order valence-electron chi connectivity index (χ3n) is 3.91. The molecule has 0 aliphatic rings. The lowest BCUT2D eigenvalue weighted by atomic mass is 10.1. The summed E-state index contributed by atoms with van der Waals surface area (Å²) in [6.45, 7) is 6.95. The number of halogens is 1. The van der Waals surface area contributed by atoms with Crippen molar-refractivity contribution in [2.45, 2.75) is 32.7 Å². The first-order valence-electron chi connectivity index (χ1n) is 9.10. The highest BCUT2D eigenvalue weighted by Crippen LogP contribution is 2.23. The SMILES string of the molecule is CC(C)(C)Nc1cc(-c2ccccc2)nc(NCCc2ccc(F)cc2)n1.